The van der Waals surface area contributed by atoms with Gasteiger partial charge in [0.1, 0.15) is 11.4 Å². The highest BCUT2D eigenvalue weighted by atomic mass is 16.5. The summed E-state index contributed by atoms with van der Waals surface area (Å²) in [5.41, 5.74) is 0.789. The van der Waals surface area contributed by atoms with E-state index >= 15 is 0 Å². The molecular formula is C13H16N2O3. The molecule has 0 saturated carbocycles. The number of carbonyl (C=O) groups is 1. The molecule has 0 aliphatic rings. The van der Waals surface area contributed by atoms with Gasteiger partial charge >= 0.3 is 5.97 Å². The first-order valence-electron chi connectivity index (χ1n) is 5.74. The molecule has 2 aromatic rings. The SMILES string of the molecule is COC(=O)C(C)CN(C)c1nccc2occc12. The van der Waals surface area contributed by atoms with Crippen LogP contribution in [-0.4, -0.2) is 31.7 Å². The standard InChI is InChI=1S/C13H16N2O3/c1-9(13(16)17-3)8-15(2)12-10-5-7-18-11(10)4-6-14-12/h4-7,9H,8H2,1-3H3. The van der Waals surface area contributed by atoms with Gasteiger partial charge in [0.2, 0.25) is 0 Å². The van der Waals surface area contributed by atoms with Crippen molar-refractivity contribution < 1.29 is 13.9 Å². The number of methoxy groups -OCH3 is 1. The molecule has 2 rings (SSSR count). The van der Waals surface area contributed by atoms with Crippen LogP contribution >= 0.6 is 0 Å². The molecule has 0 bridgehead atoms. The number of aromatic nitrogens is 1. The third-order valence-corrected chi connectivity index (χ3v) is 2.87. The van der Waals surface area contributed by atoms with Gasteiger partial charge in [-0.3, -0.25) is 4.79 Å². The number of carbonyl (C=O) groups excluding carboxylic acids is 1. The molecule has 18 heavy (non-hydrogen) atoms. The van der Waals surface area contributed by atoms with Gasteiger partial charge in [-0.25, -0.2) is 4.98 Å². The van der Waals surface area contributed by atoms with Crippen molar-refractivity contribution in [1.29, 1.82) is 0 Å². The van der Waals surface area contributed by atoms with Gasteiger partial charge < -0.3 is 14.1 Å². The van der Waals surface area contributed by atoms with Gasteiger partial charge in [0.05, 0.1) is 24.7 Å². The lowest BCUT2D eigenvalue weighted by molar-refractivity contribution is -0.144. The second-order valence-corrected chi connectivity index (χ2v) is 4.27. The minimum atomic E-state index is -0.221. The third kappa shape index (κ3) is 2.30. The number of rotatable bonds is 4. The molecule has 5 heteroatoms. The molecule has 0 amide bonds. The summed E-state index contributed by atoms with van der Waals surface area (Å²) in [4.78, 5) is 17.7. The zero-order valence-corrected chi connectivity index (χ0v) is 10.7. The maximum absolute atomic E-state index is 11.4. The summed E-state index contributed by atoms with van der Waals surface area (Å²) in [6, 6.07) is 3.69. The summed E-state index contributed by atoms with van der Waals surface area (Å²) in [7, 11) is 3.29. The van der Waals surface area contributed by atoms with E-state index in [4.69, 9.17) is 9.15 Å². The average molecular weight is 248 g/mol. The van der Waals surface area contributed by atoms with E-state index in [0.717, 1.165) is 16.8 Å². The second-order valence-electron chi connectivity index (χ2n) is 4.27. The number of nitrogens with zero attached hydrogens (tertiary/aromatic N) is 2. The van der Waals surface area contributed by atoms with Crippen molar-refractivity contribution in [3.8, 4) is 0 Å². The fourth-order valence-corrected chi connectivity index (χ4v) is 1.96. The molecule has 0 fully saturated rings. The largest absolute Gasteiger partial charge is 0.469 e. The molecule has 2 heterocycles. The Balaban J connectivity index is 2.20. The van der Waals surface area contributed by atoms with E-state index in [-0.39, 0.29) is 11.9 Å². The van der Waals surface area contributed by atoms with Crippen LogP contribution in [0.15, 0.2) is 29.0 Å². The molecule has 0 aromatic carbocycles. The average Bonchev–Trinajstić information content (AvgIpc) is 2.85. The predicted octanol–water partition coefficient (Wildman–Crippen LogP) is 2.07. The van der Waals surface area contributed by atoms with Crippen LogP contribution in [0.4, 0.5) is 5.82 Å². The quantitative estimate of drug-likeness (QED) is 0.775. The number of hydrogen-bond donors (Lipinski definition) is 0. The van der Waals surface area contributed by atoms with Crippen LogP contribution in [0.1, 0.15) is 6.92 Å². The Kier molecular flexibility index (Phi) is 3.50. The van der Waals surface area contributed by atoms with Crippen molar-refractivity contribution in [2.75, 3.05) is 25.6 Å². The molecule has 1 atom stereocenters. The highest BCUT2D eigenvalue weighted by molar-refractivity contribution is 5.88. The van der Waals surface area contributed by atoms with Crippen LogP contribution in [0.2, 0.25) is 0 Å². The number of fused-ring (bicyclic) bond motifs is 1. The molecule has 96 valence electrons. The fourth-order valence-electron chi connectivity index (χ4n) is 1.96. The van der Waals surface area contributed by atoms with E-state index in [1.165, 1.54) is 7.11 Å². The van der Waals surface area contributed by atoms with Crippen molar-refractivity contribution >= 4 is 22.8 Å². The van der Waals surface area contributed by atoms with E-state index in [1.54, 1.807) is 12.5 Å². The minimum Gasteiger partial charge on any atom is -0.469 e. The number of esters is 1. The van der Waals surface area contributed by atoms with Crippen LogP contribution in [-0.2, 0) is 9.53 Å². The van der Waals surface area contributed by atoms with Crippen molar-refractivity contribution in [2.45, 2.75) is 6.92 Å². The summed E-state index contributed by atoms with van der Waals surface area (Å²) in [6.45, 7) is 2.38. The minimum absolute atomic E-state index is 0.205. The number of anilines is 1. The lowest BCUT2D eigenvalue weighted by Gasteiger charge is -2.21. The first-order chi connectivity index (χ1) is 8.63. The van der Waals surface area contributed by atoms with Gasteiger partial charge in [-0.15, -0.1) is 0 Å². The second kappa shape index (κ2) is 5.08. The van der Waals surface area contributed by atoms with Crippen LogP contribution in [0.25, 0.3) is 11.0 Å². The van der Waals surface area contributed by atoms with Crippen LogP contribution in [0, 0.1) is 5.92 Å². The Bertz CT molecular complexity index is 550. The molecule has 0 N–H and O–H groups in total. The fraction of sp³-hybridized carbons (Fsp3) is 0.385. The van der Waals surface area contributed by atoms with Crippen LogP contribution in [0.5, 0.6) is 0 Å². The zero-order valence-electron chi connectivity index (χ0n) is 10.7. The predicted molar refractivity (Wildman–Crippen MR) is 68.5 cm³/mol. The summed E-state index contributed by atoms with van der Waals surface area (Å²) in [5.74, 6) is 0.377. The van der Waals surface area contributed by atoms with Gasteiger partial charge in [-0.05, 0) is 12.1 Å². The van der Waals surface area contributed by atoms with Crippen molar-refractivity contribution in [3.05, 3.63) is 24.6 Å². The molecule has 0 aliphatic heterocycles. The molecule has 2 aromatic heterocycles. The molecule has 0 spiro atoms. The summed E-state index contributed by atoms with van der Waals surface area (Å²) in [5, 5.41) is 0.942. The monoisotopic (exact) mass is 248 g/mol. The van der Waals surface area contributed by atoms with E-state index in [9.17, 15) is 4.79 Å². The van der Waals surface area contributed by atoms with Crippen LogP contribution < -0.4 is 4.90 Å². The normalized spacial score (nSPS) is 12.4. The van der Waals surface area contributed by atoms with E-state index in [2.05, 4.69) is 4.98 Å². The molecule has 0 radical (unpaired) electrons. The summed E-state index contributed by atoms with van der Waals surface area (Å²) in [6.07, 6.45) is 3.33. The highest BCUT2D eigenvalue weighted by Crippen LogP contribution is 2.24. The van der Waals surface area contributed by atoms with Gasteiger partial charge in [-0.1, -0.05) is 6.92 Å². The van der Waals surface area contributed by atoms with Gasteiger partial charge in [-0.2, -0.15) is 0 Å². The van der Waals surface area contributed by atoms with Gasteiger partial charge in [0.15, 0.2) is 0 Å². The van der Waals surface area contributed by atoms with Crippen molar-refractivity contribution in [1.82, 2.24) is 4.98 Å². The van der Waals surface area contributed by atoms with Gasteiger partial charge in [0, 0.05) is 19.8 Å². The van der Waals surface area contributed by atoms with Crippen molar-refractivity contribution in [2.24, 2.45) is 5.92 Å². The van der Waals surface area contributed by atoms with E-state index in [1.807, 2.05) is 31.0 Å². The lowest BCUT2D eigenvalue weighted by atomic mass is 10.1. The summed E-state index contributed by atoms with van der Waals surface area (Å²) >= 11 is 0. The van der Waals surface area contributed by atoms with Crippen molar-refractivity contribution in [3.63, 3.8) is 0 Å². The Morgan fingerprint density at radius 1 is 1.56 bits per heavy atom. The Hall–Kier alpha value is -2.04. The molecule has 0 aliphatic carbocycles. The first kappa shape index (κ1) is 12.4. The molecule has 1 unspecified atom stereocenters. The Morgan fingerprint density at radius 3 is 3.06 bits per heavy atom. The van der Waals surface area contributed by atoms with E-state index < -0.39 is 0 Å². The maximum atomic E-state index is 11.4. The van der Waals surface area contributed by atoms with E-state index in [0.29, 0.717) is 6.54 Å². The van der Waals surface area contributed by atoms with Gasteiger partial charge in [0.25, 0.3) is 0 Å². The Morgan fingerprint density at radius 2 is 2.33 bits per heavy atom. The molecule has 5 nitrogen and oxygen atoms in total. The topological polar surface area (TPSA) is 55.6 Å². The number of ether oxygens (including phenoxy) is 1. The smallest absolute Gasteiger partial charge is 0.310 e. The third-order valence-electron chi connectivity index (χ3n) is 2.87. The maximum Gasteiger partial charge on any atom is 0.310 e. The lowest BCUT2D eigenvalue weighted by Crippen LogP contribution is -2.29. The number of furan rings is 1. The first-order valence-corrected chi connectivity index (χ1v) is 5.74. The zero-order chi connectivity index (χ0) is 13.1. The number of hydrogen-bond acceptors (Lipinski definition) is 5. The summed E-state index contributed by atoms with van der Waals surface area (Å²) < 4.78 is 10.0. The number of pyridine rings is 1. The Labute approximate surface area is 105 Å². The van der Waals surface area contributed by atoms with Crippen LogP contribution in [0.3, 0.4) is 0 Å². The molecule has 0 saturated heterocycles. The molecular weight excluding hydrogens is 232 g/mol. The highest BCUT2D eigenvalue weighted by Gasteiger charge is 2.18.